The molecule has 3 aromatic rings. The number of hydrogen-bond donors (Lipinski definition) is 0. The lowest BCUT2D eigenvalue weighted by Gasteiger charge is -2.48. The number of ether oxygens (including phenoxy) is 2. The number of carbonyl (C=O) groups excluding carboxylic acids is 2. The average molecular weight is 505 g/mol. The predicted octanol–water partition coefficient (Wildman–Crippen LogP) is 6.75. The van der Waals surface area contributed by atoms with Crippen molar-refractivity contribution in [3.8, 4) is 0 Å². The van der Waals surface area contributed by atoms with E-state index in [1.165, 1.54) is 0 Å². The van der Waals surface area contributed by atoms with Crippen LogP contribution in [0.4, 0.5) is 0 Å². The van der Waals surface area contributed by atoms with Crippen molar-refractivity contribution in [2.24, 2.45) is 5.92 Å². The fraction of sp³-hybridized carbons (Fsp3) is 0.400. The molecule has 36 heavy (non-hydrogen) atoms. The molecule has 1 fully saturated rings. The third-order valence-corrected chi connectivity index (χ3v) is 12.5. The van der Waals surface area contributed by atoms with Crippen molar-refractivity contribution in [1.29, 1.82) is 0 Å². The zero-order valence-corrected chi connectivity index (χ0v) is 23.3. The lowest BCUT2D eigenvalue weighted by atomic mass is 9.74. The number of esters is 2. The van der Waals surface area contributed by atoms with Crippen molar-refractivity contribution >= 4 is 31.0 Å². The Labute approximate surface area is 214 Å². The van der Waals surface area contributed by atoms with E-state index in [2.05, 4.69) is 33.9 Å². The van der Waals surface area contributed by atoms with Crippen molar-refractivity contribution in [3.05, 3.63) is 83.9 Å². The summed E-state index contributed by atoms with van der Waals surface area (Å²) >= 11 is 0. The van der Waals surface area contributed by atoms with Crippen LogP contribution in [0.1, 0.15) is 45.7 Å². The summed E-state index contributed by atoms with van der Waals surface area (Å²) in [6, 6.07) is 23.4. The first-order valence-corrected chi connectivity index (χ1v) is 15.4. The van der Waals surface area contributed by atoms with Crippen LogP contribution in [0.2, 0.25) is 18.1 Å². The fourth-order valence-electron chi connectivity index (χ4n) is 4.69. The highest BCUT2D eigenvalue weighted by molar-refractivity contribution is 6.74. The third-order valence-electron chi connectivity index (χ3n) is 8.02. The Hall–Kier alpha value is -2.96. The first kappa shape index (κ1) is 26.1. The molecule has 0 aliphatic carbocycles. The SMILES string of the molecule is C[C@@H]1C(=O)O[C@@](C)(c2ccc3ccccc3c2)[C@]1(O[Si](C)(C)C(C)(C)C)C(=O)OCc1ccccc1. The van der Waals surface area contributed by atoms with E-state index in [0.29, 0.717) is 5.56 Å². The van der Waals surface area contributed by atoms with E-state index >= 15 is 0 Å². The molecule has 4 rings (SSSR count). The van der Waals surface area contributed by atoms with Gasteiger partial charge in [-0.1, -0.05) is 87.5 Å². The van der Waals surface area contributed by atoms with Crippen molar-refractivity contribution in [3.63, 3.8) is 0 Å². The Bertz CT molecular complexity index is 1280. The van der Waals surface area contributed by atoms with E-state index in [9.17, 15) is 9.59 Å². The van der Waals surface area contributed by atoms with Crippen LogP contribution >= 0.6 is 0 Å². The number of hydrogen-bond acceptors (Lipinski definition) is 5. The highest BCUT2D eigenvalue weighted by Crippen LogP contribution is 2.54. The number of rotatable bonds is 6. The molecule has 0 bridgehead atoms. The molecule has 0 unspecified atom stereocenters. The largest absolute Gasteiger partial charge is 0.459 e. The van der Waals surface area contributed by atoms with Crippen molar-refractivity contribution in [1.82, 2.24) is 0 Å². The van der Waals surface area contributed by atoms with E-state index < -0.39 is 37.4 Å². The van der Waals surface area contributed by atoms with Crippen molar-refractivity contribution < 1.29 is 23.5 Å². The second kappa shape index (κ2) is 9.16. The van der Waals surface area contributed by atoms with Crippen LogP contribution < -0.4 is 0 Å². The van der Waals surface area contributed by atoms with Gasteiger partial charge < -0.3 is 13.9 Å². The maximum atomic E-state index is 14.2. The van der Waals surface area contributed by atoms with Gasteiger partial charge >= 0.3 is 11.9 Å². The number of carbonyl (C=O) groups is 2. The molecule has 190 valence electrons. The molecular formula is C30H36O5Si. The minimum atomic E-state index is -2.59. The Balaban J connectivity index is 1.87. The van der Waals surface area contributed by atoms with Crippen LogP contribution in [-0.2, 0) is 35.7 Å². The average Bonchev–Trinajstić information content (AvgIpc) is 3.03. The Kier molecular flexibility index (Phi) is 6.65. The quantitative estimate of drug-likeness (QED) is 0.274. The second-order valence-corrected chi connectivity index (χ2v) is 16.1. The smallest absolute Gasteiger partial charge is 0.343 e. The van der Waals surface area contributed by atoms with Crippen LogP contribution in [0.25, 0.3) is 10.8 Å². The van der Waals surface area contributed by atoms with E-state index in [-0.39, 0.29) is 11.6 Å². The predicted molar refractivity (Wildman–Crippen MR) is 144 cm³/mol. The molecule has 3 atom stereocenters. The summed E-state index contributed by atoms with van der Waals surface area (Å²) in [6.07, 6.45) is 0. The van der Waals surface area contributed by atoms with Gasteiger partial charge in [-0.3, -0.25) is 4.79 Å². The maximum Gasteiger partial charge on any atom is 0.343 e. The molecule has 1 heterocycles. The minimum absolute atomic E-state index is 0.0804. The van der Waals surface area contributed by atoms with E-state index in [4.69, 9.17) is 13.9 Å². The highest BCUT2D eigenvalue weighted by Gasteiger charge is 2.72. The first-order valence-electron chi connectivity index (χ1n) is 12.5. The van der Waals surface area contributed by atoms with Gasteiger partial charge in [0.25, 0.3) is 0 Å². The molecule has 1 saturated heterocycles. The lowest BCUT2D eigenvalue weighted by Crippen LogP contribution is -2.64. The van der Waals surface area contributed by atoms with Gasteiger partial charge in [0.2, 0.25) is 5.60 Å². The summed E-state index contributed by atoms with van der Waals surface area (Å²) < 4.78 is 19.0. The second-order valence-electron chi connectivity index (χ2n) is 11.4. The zero-order chi connectivity index (χ0) is 26.4. The number of fused-ring (bicyclic) bond motifs is 1. The Morgan fingerprint density at radius 3 is 2.22 bits per heavy atom. The molecule has 0 saturated carbocycles. The minimum Gasteiger partial charge on any atom is -0.459 e. The van der Waals surface area contributed by atoms with Crippen molar-refractivity contribution in [2.75, 3.05) is 0 Å². The van der Waals surface area contributed by atoms with Crippen molar-refractivity contribution in [2.45, 2.75) is 70.6 Å². The summed E-state index contributed by atoms with van der Waals surface area (Å²) in [6.45, 7) is 14.1. The summed E-state index contributed by atoms with van der Waals surface area (Å²) in [5.74, 6) is -1.91. The summed E-state index contributed by atoms with van der Waals surface area (Å²) in [5.41, 5.74) is -1.46. The van der Waals surface area contributed by atoms with Gasteiger partial charge in [-0.15, -0.1) is 0 Å². The van der Waals surface area contributed by atoms with Crippen LogP contribution in [0, 0.1) is 5.92 Å². The standard InChI is InChI=1S/C30H36O5Si/c1-21-26(31)34-29(5,25-18-17-23-15-11-12-16-24(23)19-25)30(21,35-36(6,7)28(2,3)4)27(32)33-20-22-13-9-8-10-14-22/h8-19,21H,20H2,1-7H3/t21-,29+,30-/m1/s1. The van der Waals surface area contributed by atoms with Gasteiger partial charge in [-0.2, -0.15) is 0 Å². The van der Waals surface area contributed by atoms with Gasteiger partial charge in [0.05, 0.1) is 5.92 Å². The Morgan fingerprint density at radius 2 is 1.58 bits per heavy atom. The summed E-state index contributed by atoms with van der Waals surface area (Å²) in [5, 5.41) is 1.84. The first-order chi connectivity index (χ1) is 16.8. The molecule has 5 nitrogen and oxygen atoms in total. The molecule has 6 heteroatoms. The molecule has 0 N–H and O–H groups in total. The zero-order valence-electron chi connectivity index (χ0n) is 22.3. The van der Waals surface area contributed by atoms with Crippen LogP contribution in [0.15, 0.2) is 72.8 Å². The molecule has 0 spiro atoms. The maximum absolute atomic E-state index is 14.2. The molecule has 1 aliphatic heterocycles. The lowest BCUT2D eigenvalue weighted by molar-refractivity contribution is -0.187. The number of benzene rings is 3. The van der Waals surface area contributed by atoms with Gasteiger partial charge in [-0.05, 0) is 59.9 Å². The Morgan fingerprint density at radius 1 is 0.972 bits per heavy atom. The molecule has 1 aliphatic rings. The van der Waals surface area contributed by atoms with Gasteiger partial charge in [-0.25, -0.2) is 4.79 Å². The van der Waals surface area contributed by atoms with E-state index in [0.717, 1.165) is 16.3 Å². The molecule has 0 radical (unpaired) electrons. The molecule has 3 aromatic carbocycles. The van der Waals surface area contributed by atoms with Gasteiger partial charge in [0.1, 0.15) is 6.61 Å². The topological polar surface area (TPSA) is 61.8 Å². The van der Waals surface area contributed by atoms with Gasteiger partial charge in [0, 0.05) is 0 Å². The monoisotopic (exact) mass is 504 g/mol. The van der Waals surface area contributed by atoms with Crippen LogP contribution in [0.3, 0.4) is 0 Å². The van der Waals surface area contributed by atoms with Gasteiger partial charge in [0.15, 0.2) is 13.9 Å². The number of cyclic esters (lactones) is 1. The normalized spacial score (nSPS) is 24.5. The van der Waals surface area contributed by atoms with E-state index in [1.807, 2.05) is 72.8 Å². The third kappa shape index (κ3) is 4.26. The summed E-state index contributed by atoms with van der Waals surface area (Å²) in [4.78, 5) is 27.5. The van der Waals surface area contributed by atoms with Crippen LogP contribution in [0.5, 0.6) is 0 Å². The molecule has 0 amide bonds. The summed E-state index contributed by atoms with van der Waals surface area (Å²) in [7, 11) is -2.59. The fourth-order valence-corrected chi connectivity index (χ4v) is 6.25. The molecule has 0 aromatic heterocycles. The highest BCUT2D eigenvalue weighted by atomic mass is 28.4. The van der Waals surface area contributed by atoms with Crippen LogP contribution in [-0.4, -0.2) is 25.9 Å². The molecular weight excluding hydrogens is 468 g/mol. The van der Waals surface area contributed by atoms with E-state index in [1.54, 1.807) is 13.8 Å².